The fraction of sp³-hybridized carbons (Fsp3) is 0. The molecule has 2 rings (SSSR count). The Balaban J connectivity index is 0.00000112. The quantitative estimate of drug-likeness (QED) is 0.401. The predicted molar refractivity (Wildman–Crippen MR) is 59.7 cm³/mol. The first-order chi connectivity index (χ1) is 6.95. The van der Waals surface area contributed by atoms with E-state index in [0.717, 1.165) is 0 Å². The first-order valence-corrected chi connectivity index (χ1v) is 4.73. The van der Waals surface area contributed by atoms with Gasteiger partial charge in [-0.1, -0.05) is 12.1 Å². The molecule has 0 heterocycles. The van der Waals surface area contributed by atoms with Gasteiger partial charge in [0.05, 0.1) is 0 Å². The van der Waals surface area contributed by atoms with Crippen LogP contribution in [0.1, 0.15) is 11.1 Å². The van der Waals surface area contributed by atoms with E-state index in [1.54, 1.807) is 0 Å². The summed E-state index contributed by atoms with van der Waals surface area (Å²) in [4.78, 5) is 0. The van der Waals surface area contributed by atoms with Gasteiger partial charge in [0.15, 0.2) is 0 Å². The van der Waals surface area contributed by atoms with Gasteiger partial charge in [-0.05, 0) is 0 Å². The largest absolute Gasteiger partial charge is 1.00 e. The van der Waals surface area contributed by atoms with E-state index < -0.39 is 0 Å². The number of benzene rings is 2. The molecule has 0 atom stereocenters. The maximum atomic E-state index is 2.12. The van der Waals surface area contributed by atoms with Crippen molar-refractivity contribution in [3.05, 3.63) is 84.6 Å². The molecular formula is C14H12Na2. The minimum Gasteiger partial charge on any atom is -0.219 e. The van der Waals surface area contributed by atoms with Crippen LogP contribution in [0, 0.1) is 12.8 Å². The van der Waals surface area contributed by atoms with Crippen LogP contribution in [-0.2, 0) is 0 Å². The van der Waals surface area contributed by atoms with E-state index in [0.29, 0.717) is 0 Å². The van der Waals surface area contributed by atoms with E-state index in [2.05, 4.69) is 37.1 Å². The molecule has 70 valence electrons. The molecule has 2 aromatic rings. The summed E-state index contributed by atoms with van der Waals surface area (Å²) in [6.45, 7) is 0. The normalized spacial score (nSPS) is 8.25. The first-order valence-electron chi connectivity index (χ1n) is 4.73. The molecule has 0 spiro atoms. The molecule has 0 aromatic heterocycles. The molecule has 0 amide bonds. The summed E-state index contributed by atoms with van der Waals surface area (Å²) in [6.07, 6.45) is 4.24. The van der Waals surface area contributed by atoms with Crippen molar-refractivity contribution in [3.63, 3.8) is 0 Å². The maximum absolute atomic E-state index is 2.12. The summed E-state index contributed by atoms with van der Waals surface area (Å²) in [6, 6.07) is 20.6. The Hall–Kier alpha value is 0.180. The Morgan fingerprint density at radius 2 is 0.812 bits per heavy atom. The molecule has 16 heavy (non-hydrogen) atoms. The van der Waals surface area contributed by atoms with Crippen LogP contribution in [0.4, 0.5) is 0 Å². The third kappa shape index (κ3) is 5.49. The monoisotopic (exact) mass is 226 g/mol. The molecule has 0 N–H and O–H groups in total. The Morgan fingerprint density at radius 3 is 1.12 bits per heavy atom. The van der Waals surface area contributed by atoms with Gasteiger partial charge in [-0.2, -0.15) is 24.3 Å². The second-order valence-electron chi connectivity index (χ2n) is 3.15. The molecule has 0 radical (unpaired) electrons. The van der Waals surface area contributed by atoms with Crippen LogP contribution in [0.25, 0.3) is 0 Å². The van der Waals surface area contributed by atoms with Gasteiger partial charge in [0, 0.05) is 0 Å². The summed E-state index contributed by atoms with van der Waals surface area (Å²) >= 11 is 0. The molecule has 0 saturated heterocycles. The van der Waals surface area contributed by atoms with Crippen molar-refractivity contribution in [3.8, 4) is 0 Å². The Morgan fingerprint density at radius 1 is 0.500 bits per heavy atom. The van der Waals surface area contributed by atoms with Crippen molar-refractivity contribution in [2.45, 2.75) is 0 Å². The van der Waals surface area contributed by atoms with Crippen LogP contribution >= 0.6 is 0 Å². The Bertz CT molecular complexity index is 331. The van der Waals surface area contributed by atoms with Crippen molar-refractivity contribution in [1.29, 1.82) is 0 Å². The smallest absolute Gasteiger partial charge is 0.219 e. The average Bonchev–Trinajstić information content (AvgIpc) is 2.29. The Labute approximate surface area is 142 Å². The fourth-order valence-electron chi connectivity index (χ4n) is 1.32. The Kier molecular flexibility index (Phi) is 9.34. The van der Waals surface area contributed by atoms with E-state index in [9.17, 15) is 0 Å². The zero-order valence-electron chi connectivity index (χ0n) is 9.93. The molecular weight excluding hydrogens is 214 g/mol. The number of hydrogen-bond acceptors (Lipinski definition) is 0. The van der Waals surface area contributed by atoms with Crippen molar-refractivity contribution in [2.75, 3.05) is 0 Å². The third-order valence-corrected chi connectivity index (χ3v) is 2.07. The van der Waals surface area contributed by atoms with Crippen molar-refractivity contribution in [2.24, 2.45) is 0 Å². The first kappa shape index (κ1) is 16.2. The number of rotatable bonds is 3. The number of hydrogen-bond donors (Lipinski definition) is 0. The molecule has 2 heteroatoms. The summed E-state index contributed by atoms with van der Waals surface area (Å²) < 4.78 is 0. The molecule has 0 saturated carbocycles. The van der Waals surface area contributed by atoms with Crippen molar-refractivity contribution >= 4 is 0 Å². The topological polar surface area (TPSA) is 0 Å². The standard InChI is InChI=1S/C14H12.2Na/c1-3-7-13(8-4-1)11-12-14-9-5-2-6-10-14;;/h1-12H;;/q-2;2*+1. The predicted octanol–water partition coefficient (Wildman–Crippen LogP) is -2.50. The van der Waals surface area contributed by atoms with Gasteiger partial charge in [0.25, 0.3) is 0 Å². The second-order valence-corrected chi connectivity index (χ2v) is 3.15. The molecule has 0 aliphatic carbocycles. The van der Waals surface area contributed by atoms with E-state index in [1.807, 2.05) is 36.4 Å². The van der Waals surface area contributed by atoms with Gasteiger partial charge in [-0.15, -0.1) is 24.3 Å². The van der Waals surface area contributed by atoms with Crippen LogP contribution in [0.2, 0.25) is 0 Å². The molecule has 0 nitrogen and oxygen atoms in total. The summed E-state index contributed by atoms with van der Waals surface area (Å²) in [5.41, 5.74) is 2.47. The zero-order chi connectivity index (χ0) is 9.64. The van der Waals surface area contributed by atoms with Gasteiger partial charge < -0.3 is 0 Å². The molecule has 0 fully saturated rings. The second kappa shape index (κ2) is 9.23. The van der Waals surface area contributed by atoms with E-state index in [4.69, 9.17) is 0 Å². The summed E-state index contributed by atoms with van der Waals surface area (Å²) in [7, 11) is 0. The van der Waals surface area contributed by atoms with Gasteiger partial charge in [-0.3, -0.25) is 0 Å². The van der Waals surface area contributed by atoms with E-state index in [1.165, 1.54) is 11.1 Å². The maximum Gasteiger partial charge on any atom is 1.00 e. The van der Waals surface area contributed by atoms with Crippen LogP contribution in [-0.4, -0.2) is 0 Å². The van der Waals surface area contributed by atoms with Gasteiger partial charge in [0.1, 0.15) is 0 Å². The molecule has 0 aliphatic heterocycles. The van der Waals surface area contributed by atoms with Crippen LogP contribution in [0.5, 0.6) is 0 Å². The summed E-state index contributed by atoms with van der Waals surface area (Å²) in [5, 5.41) is 0. The van der Waals surface area contributed by atoms with Gasteiger partial charge in [-0.25, -0.2) is 24.0 Å². The van der Waals surface area contributed by atoms with Crippen molar-refractivity contribution in [1.82, 2.24) is 0 Å². The minimum atomic E-state index is 0. The average molecular weight is 226 g/mol. The van der Waals surface area contributed by atoms with Crippen LogP contribution < -0.4 is 59.1 Å². The van der Waals surface area contributed by atoms with Crippen LogP contribution in [0.3, 0.4) is 0 Å². The minimum absolute atomic E-state index is 0. The molecule has 0 aliphatic rings. The van der Waals surface area contributed by atoms with Crippen molar-refractivity contribution < 1.29 is 59.1 Å². The van der Waals surface area contributed by atoms with E-state index >= 15 is 0 Å². The molecule has 2 aromatic carbocycles. The van der Waals surface area contributed by atoms with Crippen LogP contribution in [0.15, 0.2) is 60.7 Å². The SMILES string of the molecule is [Na+].[Na+].c1ccc([CH-][CH-]c2ccccc2)cc1. The molecule has 0 bridgehead atoms. The van der Waals surface area contributed by atoms with Gasteiger partial charge >= 0.3 is 59.1 Å². The fourth-order valence-corrected chi connectivity index (χ4v) is 1.32. The van der Waals surface area contributed by atoms with Gasteiger partial charge in [0.2, 0.25) is 0 Å². The third-order valence-electron chi connectivity index (χ3n) is 2.07. The molecule has 0 unspecified atom stereocenters. The summed E-state index contributed by atoms with van der Waals surface area (Å²) in [5.74, 6) is 0. The zero-order valence-corrected chi connectivity index (χ0v) is 13.9. The van der Waals surface area contributed by atoms with E-state index in [-0.39, 0.29) is 59.1 Å².